The van der Waals surface area contributed by atoms with Gasteiger partial charge in [-0.25, -0.2) is 4.79 Å². The van der Waals surface area contributed by atoms with Crippen molar-refractivity contribution >= 4 is 17.6 Å². The second kappa shape index (κ2) is 10.4. The van der Waals surface area contributed by atoms with Gasteiger partial charge in [0.2, 0.25) is 11.5 Å². The number of carbonyl (C=O) groups is 1. The number of phenols is 4. The molecule has 3 aromatic carbocycles. The van der Waals surface area contributed by atoms with Gasteiger partial charge in [-0.3, -0.25) is 5.32 Å². The van der Waals surface area contributed by atoms with Gasteiger partial charge in [0.25, 0.3) is 5.91 Å². The Labute approximate surface area is 214 Å². The molecule has 12 nitrogen and oxygen atoms in total. The molecule has 0 saturated carbocycles. The molecule has 3 aromatic rings. The van der Waals surface area contributed by atoms with Gasteiger partial charge >= 0.3 is 5.97 Å². The van der Waals surface area contributed by atoms with Crippen molar-refractivity contribution in [1.82, 2.24) is 5.32 Å². The molecule has 0 aliphatic carbocycles. The Morgan fingerprint density at radius 2 is 1.46 bits per heavy atom. The summed E-state index contributed by atoms with van der Waals surface area (Å²) in [6, 6.07) is 12.1. The highest BCUT2D eigenvalue weighted by atomic mass is 35.5. The molecule has 0 radical (unpaired) electrons. The van der Waals surface area contributed by atoms with E-state index in [1.54, 1.807) is 12.1 Å². The highest BCUT2D eigenvalue weighted by Crippen LogP contribution is 2.51. The molecule has 3 rings (SSSR count). The molecule has 13 heteroatoms. The molecule has 0 saturated heterocycles. The Kier molecular flexibility index (Phi) is 7.86. The summed E-state index contributed by atoms with van der Waals surface area (Å²) in [6.45, 7) is -0.917. The zero-order chi connectivity index (χ0) is 27.7. The average Bonchev–Trinajstić information content (AvgIpc) is 2.85. The number of hydrogen-bond donors (Lipinski definition) is 11. The molecular weight excluding hydrogens is 514 g/mol. The average molecular weight is 538 g/mol. The summed E-state index contributed by atoms with van der Waals surface area (Å²) >= 11 is 5.63. The number of halogens is 1. The summed E-state index contributed by atoms with van der Waals surface area (Å²) in [5, 5.41) is 101. The van der Waals surface area contributed by atoms with Crippen LogP contribution in [0.1, 0.15) is 27.6 Å². The van der Waals surface area contributed by atoms with Crippen molar-refractivity contribution in [2.45, 2.75) is 24.2 Å². The van der Waals surface area contributed by atoms with Crippen LogP contribution >= 0.6 is 11.6 Å². The molecule has 37 heavy (non-hydrogen) atoms. The van der Waals surface area contributed by atoms with Gasteiger partial charge in [0.05, 0.1) is 17.2 Å². The van der Waals surface area contributed by atoms with Crippen molar-refractivity contribution in [1.29, 1.82) is 0 Å². The minimum Gasteiger partial charge on any atom is -0.506 e. The second-order valence-corrected chi connectivity index (χ2v) is 8.65. The highest BCUT2D eigenvalue weighted by Gasteiger charge is 2.47. The van der Waals surface area contributed by atoms with Gasteiger partial charge in [0, 0.05) is 13.0 Å². The van der Waals surface area contributed by atoms with Crippen LogP contribution in [0.4, 0.5) is 0 Å². The lowest BCUT2D eigenvalue weighted by Crippen LogP contribution is -2.65. The molecular formula is C24H24ClNO11. The lowest BCUT2D eigenvalue weighted by Gasteiger charge is -2.36. The van der Waals surface area contributed by atoms with Crippen molar-refractivity contribution in [3.05, 3.63) is 70.2 Å². The number of carboxylic acid groups (broad SMARTS) is 1. The van der Waals surface area contributed by atoms with Gasteiger partial charge in [-0.05, 0) is 28.8 Å². The van der Waals surface area contributed by atoms with E-state index in [9.17, 15) is 55.9 Å². The Morgan fingerprint density at radius 1 is 0.865 bits per heavy atom. The van der Waals surface area contributed by atoms with Gasteiger partial charge in [-0.15, -0.1) is 0 Å². The van der Waals surface area contributed by atoms with Crippen molar-refractivity contribution in [3.63, 3.8) is 0 Å². The molecule has 1 atom stereocenters. The third kappa shape index (κ3) is 5.70. The van der Waals surface area contributed by atoms with Crippen LogP contribution in [0.2, 0.25) is 5.02 Å². The molecule has 0 aliphatic rings. The third-order valence-corrected chi connectivity index (χ3v) is 5.99. The maximum Gasteiger partial charge on any atom is 0.335 e. The van der Waals surface area contributed by atoms with Crippen LogP contribution < -0.4 is 5.32 Å². The molecule has 1 unspecified atom stereocenters. The number of aromatic hydroxyl groups is 4. The first-order chi connectivity index (χ1) is 17.2. The largest absolute Gasteiger partial charge is 0.506 e. The lowest BCUT2D eigenvalue weighted by molar-refractivity contribution is -0.370. The zero-order valence-corrected chi connectivity index (χ0v) is 19.6. The lowest BCUT2D eigenvalue weighted by atomic mass is 9.96. The van der Waals surface area contributed by atoms with Crippen molar-refractivity contribution in [2.24, 2.45) is 0 Å². The summed E-state index contributed by atoms with van der Waals surface area (Å²) < 4.78 is 0. The van der Waals surface area contributed by atoms with E-state index >= 15 is 0 Å². The smallest absolute Gasteiger partial charge is 0.335 e. The number of aliphatic hydroxyl groups excluding tert-OH is 1. The maximum absolute atomic E-state index is 11.2. The number of nitrogens with one attached hydrogen (secondary N) is 1. The van der Waals surface area contributed by atoms with E-state index in [0.717, 1.165) is 0 Å². The summed E-state index contributed by atoms with van der Waals surface area (Å²) in [5.41, 5.74) is 0.495. The van der Waals surface area contributed by atoms with Crippen LogP contribution in [0.15, 0.2) is 48.5 Å². The summed E-state index contributed by atoms with van der Waals surface area (Å²) in [4.78, 5) is 11.2. The summed E-state index contributed by atoms with van der Waals surface area (Å²) in [7, 11) is 0. The van der Waals surface area contributed by atoms with Gasteiger partial charge in [-0.2, -0.15) is 0 Å². The van der Waals surface area contributed by atoms with Crippen molar-refractivity contribution in [2.75, 3.05) is 6.54 Å². The predicted octanol–water partition coefficient (Wildman–Crippen LogP) is 0.713. The fourth-order valence-corrected chi connectivity index (χ4v) is 3.78. The SMILES string of the molecule is O=C(O)c1cccc(-c2cccc(CC(O)(O)C(O)(O)NCC(O)c3c(O)c(O)c(O)c(Cl)c3O)c2)c1. The van der Waals surface area contributed by atoms with E-state index in [2.05, 4.69) is 0 Å². The molecule has 0 aliphatic heterocycles. The first-order valence-electron chi connectivity index (χ1n) is 10.6. The Hall–Kier alpha value is -3.62. The fourth-order valence-electron chi connectivity index (χ4n) is 3.58. The topological polar surface area (TPSA) is 231 Å². The number of rotatable bonds is 9. The molecule has 0 aromatic heterocycles. The number of aromatic carboxylic acids is 1. The molecule has 0 bridgehead atoms. The Balaban J connectivity index is 1.78. The van der Waals surface area contributed by atoms with Gasteiger partial charge in [0.15, 0.2) is 11.5 Å². The predicted molar refractivity (Wildman–Crippen MR) is 128 cm³/mol. The number of hydrogen-bond acceptors (Lipinski definition) is 11. The van der Waals surface area contributed by atoms with E-state index in [1.165, 1.54) is 36.4 Å². The summed E-state index contributed by atoms with van der Waals surface area (Å²) in [6.07, 6.45) is -2.74. The molecule has 0 heterocycles. The zero-order valence-electron chi connectivity index (χ0n) is 18.9. The molecule has 0 fully saturated rings. The molecule has 198 valence electrons. The van der Waals surface area contributed by atoms with E-state index in [0.29, 0.717) is 11.1 Å². The standard InChI is InChI=1S/C24H24ClNO11/c25-17-18(28)16(19(29)21(31)20(17)30)15(27)10-26-24(36,37)23(34,35)9-11-3-1-4-12(7-11)13-5-2-6-14(8-13)22(32)33/h1-8,15,26-31,34-37H,9-10H2,(H,32,33). The monoisotopic (exact) mass is 537 g/mol. The minimum absolute atomic E-state index is 0.0364. The first kappa shape index (κ1) is 28.0. The second-order valence-electron chi connectivity index (χ2n) is 8.27. The quantitative estimate of drug-likeness (QED) is 0.103. The molecule has 11 N–H and O–H groups in total. The normalized spacial score (nSPS) is 12.9. The van der Waals surface area contributed by atoms with Crippen LogP contribution in [0.25, 0.3) is 11.1 Å². The van der Waals surface area contributed by atoms with Gasteiger partial charge in [-0.1, -0.05) is 48.0 Å². The van der Waals surface area contributed by atoms with Crippen LogP contribution in [0, 0.1) is 0 Å². The van der Waals surface area contributed by atoms with Gasteiger partial charge < -0.3 is 51.1 Å². The van der Waals surface area contributed by atoms with E-state index in [-0.39, 0.29) is 11.1 Å². The first-order valence-corrected chi connectivity index (χ1v) is 10.9. The number of aliphatic hydroxyl groups is 5. The van der Waals surface area contributed by atoms with Crippen LogP contribution in [-0.4, -0.2) is 75.3 Å². The van der Waals surface area contributed by atoms with Crippen molar-refractivity contribution in [3.8, 4) is 34.1 Å². The number of phenolic OH excluding ortho intramolecular Hbond substituents is 4. The Bertz CT molecular complexity index is 1300. The van der Waals surface area contributed by atoms with Crippen LogP contribution in [0.3, 0.4) is 0 Å². The van der Waals surface area contributed by atoms with Crippen LogP contribution in [0.5, 0.6) is 23.0 Å². The maximum atomic E-state index is 11.2. The number of benzene rings is 3. The van der Waals surface area contributed by atoms with Crippen molar-refractivity contribution < 1.29 is 55.9 Å². The fraction of sp³-hybridized carbons (Fsp3) is 0.208. The molecule has 0 spiro atoms. The Morgan fingerprint density at radius 3 is 2.08 bits per heavy atom. The third-order valence-electron chi connectivity index (χ3n) is 5.63. The molecule has 0 amide bonds. The van der Waals surface area contributed by atoms with Gasteiger partial charge in [0.1, 0.15) is 10.8 Å². The minimum atomic E-state index is -3.46. The number of carboxylic acids is 1. The van der Waals surface area contributed by atoms with E-state index < -0.39 is 70.3 Å². The summed E-state index contributed by atoms with van der Waals surface area (Å²) in [5.74, 6) is -12.2. The van der Waals surface area contributed by atoms with E-state index in [1.807, 2.05) is 5.32 Å². The highest BCUT2D eigenvalue weighted by molar-refractivity contribution is 6.34. The van der Waals surface area contributed by atoms with Crippen LogP contribution in [-0.2, 0) is 6.42 Å². The van der Waals surface area contributed by atoms with E-state index in [4.69, 9.17) is 11.6 Å².